The smallest absolute Gasteiger partial charge is 0.0432 e. The quantitative estimate of drug-likeness (QED) is 0.740. The van der Waals surface area contributed by atoms with E-state index in [1.54, 1.807) is 0 Å². The van der Waals surface area contributed by atoms with E-state index in [1.165, 1.54) is 22.4 Å². The first-order valence-corrected chi connectivity index (χ1v) is 6.06. The molecule has 1 aliphatic heterocycles. The summed E-state index contributed by atoms with van der Waals surface area (Å²) in [5.41, 5.74) is 5.58. The molecule has 0 fully saturated rings. The van der Waals surface area contributed by atoms with E-state index in [9.17, 15) is 0 Å². The minimum Gasteiger partial charge on any atom is -0.367 e. The van der Waals surface area contributed by atoms with Gasteiger partial charge in [-0.25, -0.2) is 0 Å². The lowest BCUT2D eigenvalue weighted by molar-refractivity contribution is 0.730. The van der Waals surface area contributed by atoms with Crippen LogP contribution in [0, 0.1) is 6.92 Å². The molecule has 0 amide bonds. The third-order valence-corrected chi connectivity index (χ3v) is 3.40. The highest BCUT2D eigenvalue weighted by molar-refractivity contribution is 5.48. The zero-order valence-corrected chi connectivity index (χ0v) is 10.1. The van der Waals surface area contributed by atoms with Crippen LogP contribution in [0.3, 0.4) is 0 Å². The fraction of sp³-hybridized carbons (Fsp3) is 0.267. The molecule has 0 saturated carbocycles. The van der Waals surface area contributed by atoms with Crippen LogP contribution in [0.15, 0.2) is 42.7 Å². The number of benzene rings is 1. The van der Waals surface area contributed by atoms with Crippen molar-refractivity contribution in [2.24, 2.45) is 0 Å². The van der Waals surface area contributed by atoms with Gasteiger partial charge in [0.25, 0.3) is 0 Å². The van der Waals surface area contributed by atoms with Crippen LogP contribution in [-0.2, 0) is 13.0 Å². The van der Waals surface area contributed by atoms with Crippen molar-refractivity contribution in [1.29, 1.82) is 0 Å². The Balaban J connectivity index is 1.90. The Morgan fingerprint density at radius 3 is 2.71 bits per heavy atom. The molecule has 1 aromatic carbocycles. The standard InChI is InChI=1S/C15H16N2/c1-12-2-3-13-6-9-17(11-14(13)10-12)15-4-7-16-8-5-15/h2-5,7-8,10H,6,9,11H2,1H3. The Kier molecular flexibility index (Phi) is 2.56. The lowest BCUT2D eigenvalue weighted by Gasteiger charge is -2.30. The predicted octanol–water partition coefficient (Wildman–Crippen LogP) is 2.95. The summed E-state index contributed by atoms with van der Waals surface area (Å²) >= 11 is 0. The number of nitrogens with zero attached hydrogens (tertiary/aromatic N) is 2. The summed E-state index contributed by atoms with van der Waals surface area (Å²) in [6.45, 7) is 4.27. The topological polar surface area (TPSA) is 16.1 Å². The van der Waals surface area contributed by atoms with Crippen LogP contribution >= 0.6 is 0 Å². The molecule has 86 valence electrons. The molecule has 0 aliphatic carbocycles. The molecule has 3 rings (SSSR count). The van der Waals surface area contributed by atoms with E-state index in [4.69, 9.17) is 0 Å². The lowest BCUT2D eigenvalue weighted by Crippen LogP contribution is -2.30. The van der Waals surface area contributed by atoms with E-state index in [-0.39, 0.29) is 0 Å². The summed E-state index contributed by atoms with van der Waals surface area (Å²) in [6.07, 6.45) is 4.86. The van der Waals surface area contributed by atoms with Crippen molar-refractivity contribution in [3.8, 4) is 0 Å². The molecule has 1 aliphatic rings. The predicted molar refractivity (Wildman–Crippen MR) is 70.2 cm³/mol. The summed E-state index contributed by atoms with van der Waals surface area (Å²) in [5, 5.41) is 0. The molecule has 17 heavy (non-hydrogen) atoms. The molecule has 0 bridgehead atoms. The van der Waals surface area contributed by atoms with E-state index in [1.807, 2.05) is 12.4 Å². The highest BCUT2D eigenvalue weighted by atomic mass is 15.1. The van der Waals surface area contributed by atoms with Gasteiger partial charge in [-0.3, -0.25) is 4.98 Å². The van der Waals surface area contributed by atoms with Gasteiger partial charge < -0.3 is 4.90 Å². The molecule has 2 heteroatoms. The monoisotopic (exact) mass is 224 g/mol. The highest BCUT2D eigenvalue weighted by Crippen LogP contribution is 2.24. The Labute approximate surface area is 102 Å². The van der Waals surface area contributed by atoms with Gasteiger partial charge in [0.1, 0.15) is 0 Å². The number of hydrogen-bond acceptors (Lipinski definition) is 2. The lowest BCUT2D eigenvalue weighted by atomic mass is 9.97. The van der Waals surface area contributed by atoms with Gasteiger partial charge >= 0.3 is 0 Å². The molecule has 0 radical (unpaired) electrons. The second-order valence-corrected chi connectivity index (χ2v) is 4.65. The molecule has 1 aromatic heterocycles. The highest BCUT2D eigenvalue weighted by Gasteiger charge is 2.16. The normalized spacial score (nSPS) is 14.5. The molecular weight excluding hydrogens is 208 g/mol. The fourth-order valence-corrected chi connectivity index (χ4v) is 2.46. The third kappa shape index (κ3) is 2.03. The van der Waals surface area contributed by atoms with E-state index >= 15 is 0 Å². The van der Waals surface area contributed by atoms with E-state index in [0.717, 1.165) is 19.5 Å². The Morgan fingerprint density at radius 2 is 1.88 bits per heavy atom. The maximum atomic E-state index is 4.07. The summed E-state index contributed by atoms with van der Waals surface area (Å²) in [4.78, 5) is 6.49. The molecule has 0 unspecified atom stereocenters. The summed E-state index contributed by atoms with van der Waals surface area (Å²) < 4.78 is 0. The molecule has 2 aromatic rings. The van der Waals surface area contributed by atoms with Crippen LogP contribution in [0.4, 0.5) is 5.69 Å². The van der Waals surface area contributed by atoms with Gasteiger partial charge in [-0.2, -0.15) is 0 Å². The minimum absolute atomic E-state index is 1.01. The van der Waals surface area contributed by atoms with Gasteiger partial charge in [-0.1, -0.05) is 23.8 Å². The molecular formula is C15H16N2. The first kappa shape index (κ1) is 10.3. The molecule has 0 atom stereocenters. The molecule has 2 nitrogen and oxygen atoms in total. The molecule has 0 N–H and O–H groups in total. The van der Waals surface area contributed by atoms with Gasteiger partial charge in [-0.15, -0.1) is 0 Å². The van der Waals surface area contributed by atoms with Crippen molar-refractivity contribution in [2.75, 3.05) is 11.4 Å². The number of pyridine rings is 1. The molecule has 0 saturated heterocycles. The van der Waals surface area contributed by atoms with Crippen LogP contribution in [-0.4, -0.2) is 11.5 Å². The van der Waals surface area contributed by atoms with Crippen molar-refractivity contribution in [1.82, 2.24) is 4.98 Å². The largest absolute Gasteiger partial charge is 0.367 e. The van der Waals surface area contributed by atoms with Crippen LogP contribution in [0.1, 0.15) is 16.7 Å². The summed E-state index contributed by atoms with van der Waals surface area (Å²) in [7, 11) is 0. The van der Waals surface area contributed by atoms with Gasteiger partial charge in [-0.05, 0) is 36.6 Å². The minimum atomic E-state index is 1.01. The van der Waals surface area contributed by atoms with Gasteiger partial charge in [0.15, 0.2) is 0 Å². The molecule has 2 heterocycles. The molecule has 0 spiro atoms. The average molecular weight is 224 g/mol. The third-order valence-electron chi connectivity index (χ3n) is 3.40. The second kappa shape index (κ2) is 4.21. The summed E-state index contributed by atoms with van der Waals surface area (Å²) in [5.74, 6) is 0. The van der Waals surface area contributed by atoms with Gasteiger partial charge in [0.05, 0.1) is 0 Å². The number of fused-ring (bicyclic) bond motifs is 1. The summed E-state index contributed by atoms with van der Waals surface area (Å²) in [6, 6.07) is 11.0. The second-order valence-electron chi connectivity index (χ2n) is 4.65. The Hall–Kier alpha value is -1.83. The zero-order chi connectivity index (χ0) is 11.7. The van der Waals surface area contributed by atoms with Crippen LogP contribution in [0.5, 0.6) is 0 Å². The SMILES string of the molecule is Cc1ccc2c(c1)CN(c1ccncc1)CC2. The van der Waals surface area contributed by atoms with Crippen LogP contribution in [0.25, 0.3) is 0 Å². The first-order chi connectivity index (χ1) is 8.33. The number of aromatic nitrogens is 1. The van der Waals surface area contributed by atoms with E-state index in [0.29, 0.717) is 0 Å². The average Bonchev–Trinajstić information content (AvgIpc) is 2.39. The van der Waals surface area contributed by atoms with E-state index in [2.05, 4.69) is 47.1 Å². The van der Waals surface area contributed by atoms with Crippen molar-refractivity contribution < 1.29 is 0 Å². The van der Waals surface area contributed by atoms with Crippen molar-refractivity contribution in [2.45, 2.75) is 19.9 Å². The van der Waals surface area contributed by atoms with Crippen molar-refractivity contribution in [3.63, 3.8) is 0 Å². The Bertz CT molecular complexity index is 520. The maximum absolute atomic E-state index is 4.07. The van der Waals surface area contributed by atoms with Gasteiger partial charge in [0, 0.05) is 31.2 Å². The number of hydrogen-bond donors (Lipinski definition) is 0. The maximum Gasteiger partial charge on any atom is 0.0432 e. The van der Waals surface area contributed by atoms with Crippen LogP contribution < -0.4 is 4.90 Å². The van der Waals surface area contributed by atoms with E-state index < -0.39 is 0 Å². The number of aryl methyl sites for hydroxylation is 1. The van der Waals surface area contributed by atoms with Crippen molar-refractivity contribution >= 4 is 5.69 Å². The Morgan fingerprint density at radius 1 is 1.06 bits per heavy atom. The van der Waals surface area contributed by atoms with Crippen molar-refractivity contribution in [3.05, 3.63) is 59.4 Å². The van der Waals surface area contributed by atoms with Crippen LogP contribution in [0.2, 0.25) is 0 Å². The zero-order valence-electron chi connectivity index (χ0n) is 10.1. The van der Waals surface area contributed by atoms with Gasteiger partial charge in [0.2, 0.25) is 0 Å². The number of anilines is 1. The number of rotatable bonds is 1. The fourth-order valence-electron chi connectivity index (χ4n) is 2.46. The first-order valence-electron chi connectivity index (χ1n) is 6.06.